The average Bonchev–Trinajstić information content (AvgIpc) is 2.72. The van der Waals surface area contributed by atoms with E-state index < -0.39 is 28.5 Å². The van der Waals surface area contributed by atoms with Crippen molar-refractivity contribution in [3.05, 3.63) is 59.7 Å². The average molecular weight is 419 g/mol. The van der Waals surface area contributed by atoms with Crippen LogP contribution >= 0.6 is 0 Å². The molecule has 0 bridgehead atoms. The maximum Gasteiger partial charge on any atom is 0.338 e. The Bertz CT molecular complexity index is 955. The fourth-order valence-electron chi connectivity index (χ4n) is 2.70. The minimum absolute atomic E-state index is 0.0512. The number of rotatable bonds is 9. The van der Waals surface area contributed by atoms with Crippen LogP contribution in [-0.4, -0.2) is 33.4 Å². The molecule has 0 spiro atoms. The van der Waals surface area contributed by atoms with Gasteiger partial charge < -0.3 is 10.1 Å². The fourth-order valence-corrected chi connectivity index (χ4v) is 3.75. The summed E-state index contributed by atoms with van der Waals surface area (Å²) in [5.74, 6) is -0.866. The second kappa shape index (κ2) is 10.2. The third-order valence-electron chi connectivity index (χ3n) is 4.45. The molecular formula is C21H26N2O5S. The number of ether oxygens (including phenoxy) is 1. The van der Waals surface area contributed by atoms with E-state index in [-0.39, 0.29) is 22.9 Å². The highest BCUT2D eigenvalue weighted by molar-refractivity contribution is 7.89. The van der Waals surface area contributed by atoms with Crippen molar-refractivity contribution < 1.29 is 22.7 Å². The third-order valence-corrected chi connectivity index (χ3v) is 6.01. The van der Waals surface area contributed by atoms with Gasteiger partial charge >= 0.3 is 5.97 Å². The highest BCUT2D eigenvalue weighted by atomic mass is 32.2. The molecule has 1 amide bonds. The summed E-state index contributed by atoms with van der Waals surface area (Å²) in [6.45, 7) is 5.65. The molecule has 0 saturated carbocycles. The molecule has 29 heavy (non-hydrogen) atoms. The molecule has 0 aliphatic heterocycles. The van der Waals surface area contributed by atoms with Gasteiger partial charge in [0, 0.05) is 12.2 Å². The summed E-state index contributed by atoms with van der Waals surface area (Å²) >= 11 is 0. The lowest BCUT2D eigenvalue weighted by molar-refractivity contribution is -0.119. The lowest BCUT2D eigenvalue weighted by atomic mass is 9.97. The first-order valence-electron chi connectivity index (χ1n) is 9.44. The SMILES string of the molecule is CCNS(=O)(=O)c1ccc(C(=O)OCC(=O)Nc2ccccc2[C@@H](C)CC)cc1. The van der Waals surface area contributed by atoms with Crippen LogP contribution in [-0.2, 0) is 19.6 Å². The van der Waals surface area contributed by atoms with Gasteiger partial charge in [-0.15, -0.1) is 0 Å². The summed E-state index contributed by atoms with van der Waals surface area (Å²) < 4.78 is 31.3. The molecule has 0 aromatic heterocycles. The number of para-hydroxylation sites is 1. The number of carbonyl (C=O) groups excluding carboxylic acids is 2. The Morgan fingerprint density at radius 1 is 1.03 bits per heavy atom. The Kier molecular flexibility index (Phi) is 7.92. The van der Waals surface area contributed by atoms with Crippen molar-refractivity contribution in [2.45, 2.75) is 38.0 Å². The Morgan fingerprint density at radius 3 is 2.31 bits per heavy atom. The first-order chi connectivity index (χ1) is 13.8. The normalized spacial score (nSPS) is 12.2. The maximum atomic E-state index is 12.2. The summed E-state index contributed by atoms with van der Waals surface area (Å²) in [7, 11) is -3.59. The maximum absolute atomic E-state index is 12.2. The first-order valence-corrected chi connectivity index (χ1v) is 10.9. The van der Waals surface area contributed by atoms with Gasteiger partial charge in [0.25, 0.3) is 5.91 Å². The van der Waals surface area contributed by atoms with E-state index >= 15 is 0 Å². The molecule has 0 aliphatic carbocycles. The molecule has 2 rings (SSSR count). The van der Waals surface area contributed by atoms with Crippen molar-refractivity contribution in [3.63, 3.8) is 0 Å². The summed E-state index contributed by atoms with van der Waals surface area (Å²) in [4.78, 5) is 24.4. The number of benzene rings is 2. The molecule has 0 unspecified atom stereocenters. The largest absolute Gasteiger partial charge is 0.452 e. The predicted octanol–water partition coefficient (Wildman–Crippen LogP) is 3.29. The van der Waals surface area contributed by atoms with Gasteiger partial charge in [-0.25, -0.2) is 17.9 Å². The molecule has 0 radical (unpaired) electrons. The molecule has 2 aromatic carbocycles. The van der Waals surface area contributed by atoms with E-state index in [4.69, 9.17) is 4.74 Å². The minimum atomic E-state index is -3.59. The highest BCUT2D eigenvalue weighted by Gasteiger charge is 2.16. The molecule has 8 heteroatoms. The second-order valence-corrected chi connectivity index (χ2v) is 8.31. The van der Waals surface area contributed by atoms with Gasteiger partial charge in [-0.2, -0.15) is 0 Å². The Balaban J connectivity index is 1.97. The Labute approximate surface area is 171 Å². The Morgan fingerprint density at radius 2 is 1.69 bits per heavy atom. The number of esters is 1. The molecule has 0 heterocycles. The minimum Gasteiger partial charge on any atom is -0.452 e. The van der Waals surface area contributed by atoms with E-state index in [1.54, 1.807) is 6.92 Å². The summed E-state index contributed by atoms with van der Waals surface area (Å²) in [6, 6.07) is 12.8. The zero-order chi connectivity index (χ0) is 21.4. The van der Waals surface area contributed by atoms with Crippen LogP contribution < -0.4 is 10.0 Å². The van der Waals surface area contributed by atoms with E-state index in [9.17, 15) is 18.0 Å². The summed E-state index contributed by atoms with van der Waals surface area (Å²) in [6.07, 6.45) is 0.932. The van der Waals surface area contributed by atoms with Crippen molar-refractivity contribution >= 4 is 27.6 Å². The molecule has 0 aliphatic rings. The van der Waals surface area contributed by atoms with Crippen LogP contribution in [0, 0.1) is 0 Å². The number of sulfonamides is 1. The van der Waals surface area contributed by atoms with Gasteiger partial charge in [-0.3, -0.25) is 4.79 Å². The van der Waals surface area contributed by atoms with Crippen molar-refractivity contribution in [1.29, 1.82) is 0 Å². The predicted molar refractivity (Wildman–Crippen MR) is 111 cm³/mol. The van der Waals surface area contributed by atoms with Gasteiger partial charge in [-0.1, -0.05) is 39.0 Å². The van der Waals surface area contributed by atoms with Crippen LogP contribution in [0.4, 0.5) is 5.69 Å². The topological polar surface area (TPSA) is 102 Å². The van der Waals surface area contributed by atoms with Crippen LogP contribution in [0.1, 0.15) is 49.0 Å². The van der Waals surface area contributed by atoms with Gasteiger partial charge in [0.1, 0.15) is 0 Å². The van der Waals surface area contributed by atoms with Crippen molar-refractivity contribution in [2.75, 3.05) is 18.5 Å². The number of anilines is 1. The van der Waals surface area contributed by atoms with Crippen LogP contribution in [0.5, 0.6) is 0 Å². The second-order valence-electron chi connectivity index (χ2n) is 6.55. The molecule has 2 aromatic rings. The lowest BCUT2D eigenvalue weighted by Crippen LogP contribution is -2.23. The number of carbonyl (C=O) groups is 2. The number of hydrogen-bond donors (Lipinski definition) is 2. The zero-order valence-corrected chi connectivity index (χ0v) is 17.6. The standard InChI is InChI=1S/C21H26N2O5S/c1-4-15(3)18-8-6-7-9-19(18)23-20(24)14-28-21(25)16-10-12-17(13-11-16)29(26,27)22-5-2/h6-13,15,22H,4-5,14H2,1-3H3,(H,23,24)/t15-/m0/s1. The van der Waals surface area contributed by atoms with Crippen LogP contribution in [0.2, 0.25) is 0 Å². The quantitative estimate of drug-likeness (QED) is 0.609. The summed E-state index contributed by atoms with van der Waals surface area (Å²) in [5.41, 5.74) is 1.88. The summed E-state index contributed by atoms with van der Waals surface area (Å²) in [5, 5.41) is 2.77. The smallest absolute Gasteiger partial charge is 0.338 e. The molecule has 0 saturated heterocycles. The lowest BCUT2D eigenvalue weighted by Gasteiger charge is -2.15. The van der Waals surface area contributed by atoms with E-state index in [1.165, 1.54) is 24.3 Å². The molecule has 156 valence electrons. The monoisotopic (exact) mass is 418 g/mol. The van der Waals surface area contributed by atoms with E-state index in [0.29, 0.717) is 5.69 Å². The molecule has 0 fully saturated rings. The molecule has 7 nitrogen and oxygen atoms in total. The van der Waals surface area contributed by atoms with Gasteiger partial charge in [0.2, 0.25) is 10.0 Å². The van der Waals surface area contributed by atoms with Crippen molar-refractivity contribution in [2.24, 2.45) is 0 Å². The van der Waals surface area contributed by atoms with Crippen LogP contribution in [0.25, 0.3) is 0 Å². The third kappa shape index (κ3) is 6.13. The molecular weight excluding hydrogens is 392 g/mol. The Hall–Kier alpha value is -2.71. The zero-order valence-electron chi connectivity index (χ0n) is 16.8. The highest BCUT2D eigenvalue weighted by Crippen LogP contribution is 2.26. The number of nitrogens with one attached hydrogen (secondary N) is 2. The van der Waals surface area contributed by atoms with Crippen LogP contribution in [0.3, 0.4) is 0 Å². The first kappa shape index (κ1) is 22.6. The van der Waals surface area contributed by atoms with Gasteiger partial charge in [-0.05, 0) is 48.2 Å². The van der Waals surface area contributed by atoms with Crippen LogP contribution in [0.15, 0.2) is 53.4 Å². The van der Waals surface area contributed by atoms with Gasteiger partial charge in [0.15, 0.2) is 6.61 Å². The van der Waals surface area contributed by atoms with E-state index in [1.807, 2.05) is 24.3 Å². The molecule has 2 N–H and O–H groups in total. The van der Waals surface area contributed by atoms with E-state index in [2.05, 4.69) is 23.9 Å². The van der Waals surface area contributed by atoms with E-state index in [0.717, 1.165) is 12.0 Å². The number of hydrogen-bond acceptors (Lipinski definition) is 5. The van der Waals surface area contributed by atoms with Crippen molar-refractivity contribution in [3.8, 4) is 0 Å². The van der Waals surface area contributed by atoms with Crippen molar-refractivity contribution in [1.82, 2.24) is 4.72 Å². The fraction of sp³-hybridized carbons (Fsp3) is 0.333. The van der Waals surface area contributed by atoms with Gasteiger partial charge in [0.05, 0.1) is 10.5 Å². The molecule has 1 atom stereocenters. The number of amides is 1.